The van der Waals surface area contributed by atoms with Gasteiger partial charge in [0.25, 0.3) is 5.91 Å². The van der Waals surface area contributed by atoms with Crippen molar-refractivity contribution in [2.45, 2.75) is 31.3 Å². The van der Waals surface area contributed by atoms with Crippen LogP contribution >= 0.6 is 11.3 Å². The van der Waals surface area contributed by atoms with Gasteiger partial charge in [0.05, 0.1) is 15.4 Å². The summed E-state index contributed by atoms with van der Waals surface area (Å²) in [6.07, 6.45) is 3.32. The van der Waals surface area contributed by atoms with Gasteiger partial charge >= 0.3 is 5.00 Å². The fraction of sp³-hybridized carbons (Fsp3) is 0.545. The van der Waals surface area contributed by atoms with Crippen LogP contribution in [-0.4, -0.2) is 28.1 Å². The van der Waals surface area contributed by atoms with E-state index in [1.54, 1.807) is 0 Å². The summed E-state index contributed by atoms with van der Waals surface area (Å²) in [4.78, 5) is 22.0. The van der Waals surface area contributed by atoms with Gasteiger partial charge in [-0.15, -0.1) is 0 Å². The van der Waals surface area contributed by atoms with E-state index in [1.165, 1.54) is 12.1 Å². The van der Waals surface area contributed by atoms with E-state index >= 15 is 0 Å². The highest BCUT2D eigenvalue weighted by Crippen LogP contribution is 2.29. The average Bonchev–Trinajstić information content (AvgIpc) is 2.95. The normalized spacial score (nSPS) is 17.6. The second-order valence-corrected chi connectivity index (χ2v) is 5.57. The van der Waals surface area contributed by atoms with Crippen LogP contribution in [0.15, 0.2) is 12.1 Å². The molecule has 1 aliphatic rings. The molecule has 1 heterocycles. The predicted octanol–water partition coefficient (Wildman–Crippen LogP) is 1.69. The van der Waals surface area contributed by atoms with E-state index in [2.05, 4.69) is 5.32 Å². The zero-order valence-electron chi connectivity index (χ0n) is 9.72. The largest absolute Gasteiger partial charge is 0.388 e. The lowest BCUT2D eigenvalue weighted by Gasteiger charge is -2.21. The summed E-state index contributed by atoms with van der Waals surface area (Å²) in [5.74, 6) is -0.367. The number of amides is 1. The summed E-state index contributed by atoms with van der Waals surface area (Å²) in [6, 6.07) is 2.74. The van der Waals surface area contributed by atoms with Crippen LogP contribution < -0.4 is 5.32 Å². The quantitative estimate of drug-likeness (QED) is 0.643. The van der Waals surface area contributed by atoms with Crippen LogP contribution in [0.1, 0.15) is 35.4 Å². The molecule has 1 saturated carbocycles. The van der Waals surface area contributed by atoms with Crippen LogP contribution in [0.3, 0.4) is 0 Å². The Balaban J connectivity index is 1.93. The van der Waals surface area contributed by atoms with Crippen molar-refractivity contribution in [1.82, 2.24) is 5.32 Å². The molecule has 0 aromatic carbocycles. The minimum Gasteiger partial charge on any atom is -0.388 e. The molecule has 7 heteroatoms. The lowest BCUT2D eigenvalue weighted by molar-refractivity contribution is -0.380. The SMILES string of the molecule is O=C(NCC1(O)CCCC1)c1ccc([N+](=O)[O-])s1. The molecule has 6 nitrogen and oxygen atoms in total. The molecule has 0 radical (unpaired) electrons. The van der Waals surface area contributed by atoms with Crippen LogP contribution in [0.5, 0.6) is 0 Å². The lowest BCUT2D eigenvalue weighted by atomic mass is 10.0. The molecule has 0 aliphatic heterocycles. The zero-order valence-corrected chi connectivity index (χ0v) is 10.5. The fourth-order valence-electron chi connectivity index (χ4n) is 2.09. The highest BCUT2D eigenvalue weighted by Gasteiger charge is 2.31. The second-order valence-electron chi connectivity index (χ2n) is 4.51. The number of carbonyl (C=O) groups excluding carboxylic acids is 1. The van der Waals surface area contributed by atoms with Gasteiger partial charge in [-0.1, -0.05) is 24.2 Å². The number of nitro groups is 1. The maximum absolute atomic E-state index is 11.7. The lowest BCUT2D eigenvalue weighted by Crippen LogP contribution is -2.40. The van der Waals surface area contributed by atoms with E-state index in [1.807, 2.05) is 0 Å². The molecule has 98 valence electrons. The number of hydrogen-bond acceptors (Lipinski definition) is 5. The zero-order chi connectivity index (χ0) is 13.2. The number of thiophene rings is 1. The molecule has 2 rings (SSSR count). The van der Waals surface area contributed by atoms with Crippen LogP contribution in [0.2, 0.25) is 0 Å². The molecule has 0 atom stereocenters. The first kappa shape index (κ1) is 13.0. The number of aliphatic hydroxyl groups is 1. The van der Waals surface area contributed by atoms with Gasteiger partial charge in [0.1, 0.15) is 0 Å². The Morgan fingerprint density at radius 3 is 2.72 bits per heavy atom. The molecular weight excluding hydrogens is 256 g/mol. The molecule has 0 unspecified atom stereocenters. The molecule has 1 aliphatic carbocycles. The number of nitrogens with one attached hydrogen (secondary N) is 1. The van der Waals surface area contributed by atoms with Crippen molar-refractivity contribution in [2.24, 2.45) is 0 Å². The van der Waals surface area contributed by atoms with E-state index in [0.29, 0.717) is 17.7 Å². The van der Waals surface area contributed by atoms with Gasteiger partial charge in [-0.3, -0.25) is 14.9 Å². The van der Waals surface area contributed by atoms with Crippen LogP contribution in [-0.2, 0) is 0 Å². The van der Waals surface area contributed by atoms with Crippen molar-refractivity contribution in [3.05, 3.63) is 27.1 Å². The molecule has 1 fully saturated rings. The highest BCUT2D eigenvalue weighted by molar-refractivity contribution is 7.17. The van der Waals surface area contributed by atoms with Gasteiger partial charge < -0.3 is 10.4 Å². The third-order valence-corrected chi connectivity index (χ3v) is 4.14. The monoisotopic (exact) mass is 270 g/mol. The molecule has 0 bridgehead atoms. The summed E-state index contributed by atoms with van der Waals surface area (Å²) in [7, 11) is 0. The maximum Gasteiger partial charge on any atom is 0.324 e. The standard InChI is InChI=1S/C11H14N2O4S/c14-10(8-3-4-9(18-8)13(16)17)12-7-11(15)5-1-2-6-11/h3-4,15H,1-2,5-7H2,(H,12,14). The third kappa shape index (κ3) is 2.85. The summed E-state index contributed by atoms with van der Waals surface area (Å²) in [5.41, 5.74) is -0.807. The Kier molecular flexibility index (Phi) is 3.63. The topological polar surface area (TPSA) is 92.5 Å². The van der Waals surface area contributed by atoms with Gasteiger partial charge in [0.2, 0.25) is 0 Å². The Labute approximate surface area is 108 Å². The number of nitrogens with zero attached hydrogens (tertiary/aromatic N) is 1. The van der Waals surface area contributed by atoms with E-state index < -0.39 is 10.5 Å². The summed E-state index contributed by atoms with van der Waals surface area (Å²) in [5, 5.41) is 23.1. The van der Waals surface area contributed by atoms with Crippen molar-refractivity contribution in [2.75, 3.05) is 6.54 Å². The van der Waals surface area contributed by atoms with Crippen LogP contribution in [0.4, 0.5) is 5.00 Å². The molecule has 0 spiro atoms. The van der Waals surface area contributed by atoms with Crippen molar-refractivity contribution in [1.29, 1.82) is 0 Å². The maximum atomic E-state index is 11.7. The Bertz CT molecular complexity index is 465. The number of hydrogen-bond donors (Lipinski definition) is 2. The summed E-state index contributed by atoms with van der Waals surface area (Å²) in [6.45, 7) is 0.206. The van der Waals surface area contributed by atoms with Gasteiger partial charge in [-0.05, 0) is 18.9 Å². The first-order valence-corrected chi connectivity index (χ1v) is 6.57. The summed E-state index contributed by atoms with van der Waals surface area (Å²) >= 11 is 0.838. The van der Waals surface area contributed by atoms with Crippen molar-refractivity contribution < 1.29 is 14.8 Å². The molecule has 18 heavy (non-hydrogen) atoms. The summed E-state index contributed by atoms with van der Waals surface area (Å²) < 4.78 is 0. The van der Waals surface area contributed by atoms with Gasteiger partial charge in [0.15, 0.2) is 0 Å². The van der Waals surface area contributed by atoms with Crippen LogP contribution in [0.25, 0.3) is 0 Å². The Hall–Kier alpha value is -1.47. The molecular formula is C11H14N2O4S. The van der Waals surface area contributed by atoms with Crippen LogP contribution in [0, 0.1) is 10.1 Å². The van der Waals surface area contributed by atoms with Crippen molar-refractivity contribution in [3.63, 3.8) is 0 Å². The average molecular weight is 270 g/mol. The van der Waals surface area contributed by atoms with Gasteiger partial charge in [-0.25, -0.2) is 0 Å². The van der Waals surface area contributed by atoms with Gasteiger partial charge in [-0.2, -0.15) is 0 Å². The minimum absolute atomic E-state index is 0.0558. The van der Waals surface area contributed by atoms with E-state index in [4.69, 9.17) is 0 Å². The van der Waals surface area contributed by atoms with E-state index in [-0.39, 0.29) is 17.5 Å². The highest BCUT2D eigenvalue weighted by atomic mass is 32.1. The number of rotatable bonds is 4. The molecule has 1 amide bonds. The van der Waals surface area contributed by atoms with E-state index in [9.17, 15) is 20.0 Å². The molecule has 0 saturated heterocycles. The van der Waals surface area contributed by atoms with Crippen molar-refractivity contribution >= 4 is 22.2 Å². The fourth-order valence-corrected chi connectivity index (χ4v) is 2.83. The first-order chi connectivity index (χ1) is 8.50. The molecule has 2 N–H and O–H groups in total. The van der Waals surface area contributed by atoms with E-state index in [0.717, 1.165) is 24.2 Å². The second kappa shape index (κ2) is 5.03. The Morgan fingerprint density at radius 2 is 2.17 bits per heavy atom. The molecule has 1 aromatic heterocycles. The Morgan fingerprint density at radius 1 is 1.50 bits per heavy atom. The minimum atomic E-state index is -0.807. The number of carbonyl (C=O) groups is 1. The molecule has 1 aromatic rings. The van der Waals surface area contributed by atoms with Gasteiger partial charge in [0, 0.05) is 12.6 Å². The predicted molar refractivity (Wildman–Crippen MR) is 66.7 cm³/mol. The first-order valence-electron chi connectivity index (χ1n) is 5.75. The smallest absolute Gasteiger partial charge is 0.324 e. The third-order valence-electron chi connectivity index (χ3n) is 3.11. The van der Waals surface area contributed by atoms with Crippen molar-refractivity contribution in [3.8, 4) is 0 Å².